The lowest BCUT2D eigenvalue weighted by atomic mass is 9.99. The van der Waals surface area contributed by atoms with Gasteiger partial charge in [0.2, 0.25) is 6.41 Å². The second kappa shape index (κ2) is 5.25. The van der Waals surface area contributed by atoms with Gasteiger partial charge in [0.05, 0.1) is 12.5 Å². The number of carboxylic acid groups (broad SMARTS) is 1. The highest BCUT2D eigenvalue weighted by molar-refractivity contribution is 5.68. The van der Waals surface area contributed by atoms with Gasteiger partial charge in [-0.2, -0.15) is 0 Å². The van der Waals surface area contributed by atoms with E-state index in [1.54, 1.807) is 6.92 Å². The molecule has 1 aromatic carbocycles. The third kappa shape index (κ3) is 3.05. The Morgan fingerprint density at radius 2 is 2.31 bits per heavy atom. The van der Waals surface area contributed by atoms with Crippen molar-refractivity contribution in [2.24, 2.45) is 0 Å². The van der Waals surface area contributed by atoms with Gasteiger partial charge in [-0.25, -0.2) is 4.39 Å². The maximum Gasteiger partial charge on any atom is 0.305 e. The van der Waals surface area contributed by atoms with E-state index in [0.29, 0.717) is 17.5 Å². The van der Waals surface area contributed by atoms with Crippen molar-refractivity contribution in [2.75, 3.05) is 0 Å². The van der Waals surface area contributed by atoms with Crippen molar-refractivity contribution in [3.8, 4) is 0 Å². The first kappa shape index (κ1) is 12.2. The molecule has 0 saturated carbocycles. The molecular weight excluding hydrogens is 213 g/mol. The first-order valence-corrected chi connectivity index (χ1v) is 4.72. The van der Waals surface area contributed by atoms with Gasteiger partial charge >= 0.3 is 5.97 Å². The first-order valence-electron chi connectivity index (χ1n) is 4.72. The second-order valence-corrected chi connectivity index (χ2v) is 3.44. The van der Waals surface area contributed by atoms with Gasteiger partial charge in [0, 0.05) is 0 Å². The predicted octanol–water partition coefficient (Wildman–Crippen LogP) is 1.40. The molecule has 0 aliphatic carbocycles. The Hall–Kier alpha value is -1.91. The summed E-state index contributed by atoms with van der Waals surface area (Å²) in [4.78, 5) is 21.0. The Morgan fingerprint density at radius 3 is 2.81 bits per heavy atom. The maximum absolute atomic E-state index is 12.9. The Bertz CT molecular complexity index is 406. The lowest BCUT2D eigenvalue weighted by Gasteiger charge is -2.16. The quantitative estimate of drug-likeness (QED) is 0.744. The van der Waals surface area contributed by atoms with Gasteiger partial charge in [-0.1, -0.05) is 6.07 Å². The van der Waals surface area contributed by atoms with Gasteiger partial charge in [0.1, 0.15) is 5.82 Å². The Kier molecular flexibility index (Phi) is 3.99. The summed E-state index contributed by atoms with van der Waals surface area (Å²) in [5, 5.41) is 11.1. The zero-order valence-electron chi connectivity index (χ0n) is 8.74. The SMILES string of the molecule is Cc1cc(F)ccc1[C@H](CC(=O)O)NC=O. The lowest BCUT2D eigenvalue weighted by molar-refractivity contribution is -0.137. The largest absolute Gasteiger partial charge is 0.481 e. The molecule has 0 unspecified atom stereocenters. The van der Waals surface area contributed by atoms with Crippen LogP contribution < -0.4 is 5.32 Å². The Labute approximate surface area is 92.1 Å². The summed E-state index contributed by atoms with van der Waals surface area (Å²) in [5.74, 6) is -1.41. The summed E-state index contributed by atoms with van der Waals surface area (Å²) in [7, 11) is 0. The topological polar surface area (TPSA) is 66.4 Å². The average molecular weight is 225 g/mol. The van der Waals surface area contributed by atoms with Crippen LogP contribution in [0.2, 0.25) is 0 Å². The molecule has 1 aromatic rings. The molecule has 0 aliphatic rings. The number of amides is 1. The monoisotopic (exact) mass is 225 g/mol. The van der Waals surface area contributed by atoms with Crippen LogP contribution in [0.5, 0.6) is 0 Å². The summed E-state index contributed by atoms with van der Waals surface area (Å²) in [6.45, 7) is 1.67. The minimum absolute atomic E-state index is 0.231. The molecular formula is C11H12FNO3. The number of rotatable bonds is 5. The summed E-state index contributed by atoms with van der Waals surface area (Å²) in [6, 6.07) is 3.39. The predicted molar refractivity (Wildman–Crippen MR) is 55.3 cm³/mol. The van der Waals surface area contributed by atoms with Crippen LogP contribution in [0.15, 0.2) is 18.2 Å². The second-order valence-electron chi connectivity index (χ2n) is 3.44. The summed E-state index contributed by atoms with van der Waals surface area (Å²) < 4.78 is 12.9. The number of aryl methyl sites for hydroxylation is 1. The van der Waals surface area contributed by atoms with Gasteiger partial charge in [-0.15, -0.1) is 0 Å². The highest BCUT2D eigenvalue weighted by Crippen LogP contribution is 2.21. The number of carboxylic acids is 1. The third-order valence-corrected chi connectivity index (χ3v) is 2.26. The number of nitrogens with one attached hydrogen (secondary N) is 1. The Balaban J connectivity index is 3.00. The van der Waals surface area contributed by atoms with Crippen molar-refractivity contribution in [2.45, 2.75) is 19.4 Å². The van der Waals surface area contributed by atoms with Gasteiger partial charge in [-0.05, 0) is 30.2 Å². The standard InChI is InChI=1S/C11H12FNO3/c1-7-4-8(12)2-3-9(7)10(13-6-14)5-11(15)16/h2-4,6,10H,5H2,1H3,(H,13,14)(H,15,16)/t10-/m0/s1. The van der Waals surface area contributed by atoms with Crippen LogP contribution in [0.4, 0.5) is 4.39 Å². The van der Waals surface area contributed by atoms with E-state index in [1.807, 2.05) is 0 Å². The van der Waals surface area contributed by atoms with Crippen molar-refractivity contribution in [3.05, 3.63) is 35.1 Å². The zero-order valence-corrected chi connectivity index (χ0v) is 8.74. The minimum Gasteiger partial charge on any atom is -0.481 e. The van der Waals surface area contributed by atoms with E-state index in [4.69, 9.17) is 5.11 Å². The number of carbonyl (C=O) groups excluding carboxylic acids is 1. The Morgan fingerprint density at radius 1 is 1.62 bits per heavy atom. The molecule has 16 heavy (non-hydrogen) atoms. The molecule has 0 heterocycles. The fraction of sp³-hybridized carbons (Fsp3) is 0.273. The van der Waals surface area contributed by atoms with Crippen molar-refractivity contribution in [3.63, 3.8) is 0 Å². The first-order chi connectivity index (χ1) is 7.54. The molecule has 86 valence electrons. The van der Waals surface area contributed by atoms with Crippen LogP contribution >= 0.6 is 0 Å². The highest BCUT2D eigenvalue weighted by Gasteiger charge is 2.16. The van der Waals surface area contributed by atoms with E-state index in [2.05, 4.69) is 5.32 Å². The molecule has 0 saturated heterocycles. The fourth-order valence-corrected chi connectivity index (χ4v) is 1.55. The highest BCUT2D eigenvalue weighted by atomic mass is 19.1. The van der Waals surface area contributed by atoms with Crippen LogP contribution in [0.25, 0.3) is 0 Å². The van der Waals surface area contributed by atoms with Crippen LogP contribution in [0, 0.1) is 12.7 Å². The van der Waals surface area contributed by atoms with Crippen molar-refractivity contribution < 1.29 is 19.1 Å². The molecule has 0 spiro atoms. The summed E-state index contributed by atoms with van der Waals surface area (Å²) in [6.07, 6.45) is 0.210. The van der Waals surface area contributed by atoms with E-state index in [9.17, 15) is 14.0 Å². The van der Waals surface area contributed by atoms with E-state index in [-0.39, 0.29) is 12.2 Å². The molecule has 0 bridgehead atoms. The average Bonchev–Trinajstić information content (AvgIpc) is 2.16. The van der Waals surface area contributed by atoms with Crippen LogP contribution in [0.3, 0.4) is 0 Å². The smallest absolute Gasteiger partial charge is 0.305 e. The normalized spacial score (nSPS) is 11.9. The van der Waals surface area contributed by atoms with Gasteiger partial charge in [-0.3, -0.25) is 9.59 Å². The molecule has 1 rings (SSSR count). The molecule has 2 N–H and O–H groups in total. The molecule has 0 aromatic heterocycles. The van der Waals surface area contributed by atoms with Crippen LogP contribution in [-0.2, 0) is 9.59 Å². The molecule has 4 nitrogen and oxygen atoms in total. The van der Waals surface area contributed by atoms with Crippen molar-refractivity contribution in [1.82, 2.24) is 5.32 Å². The molecule has 5 heteroatoms. The van der Waals surface area contributed by atoms with E-state index >= 15 is 0 Å². The number of aliphatic carboxylic acids is 1. The van der Waals surface area contributed by atoms with Crippen molar-refractivity contribution in [1.29, 1.82) is 0 Å². The summed E-state index contributed by atoms with van der Waals surface area (Å²) >= 11 is 0. The number of carbonyl (C=O) groups is 2. The number of hydrogen-bond acceptors (Lipinski definition) is 2. The van der Waals surface area contributed by atoms with Gasteiger partial charge in [0.25, 0.3) is 0 Å². The van der Waals surface area contributed by atoms with Crippen molar-refractivity contribution >= 4 is 12.4 Å². The van der Waals surface area contributed by atoms with E-state index in [0.717, 1.165) is 0 Å². The van der Waals surface area contributed by atoms with Crippen LogP contribution in [-0.4, -0.2) is 17.5 Å². The molecule has 0 fully saturated rings. The molecule has 0 aliphatic heterocycles. The minimum atomic E-state index is -1.02. The molecule has 0 radical (unpaired) electrons. The van der Waals surface area contributed by atoms with Crippen LogP contribution in [0.1, 0.15) is 23.6 Å². The fourth-order valence-electron chi connectivity index (χ4n) is 1.55. The molecule has 1 atom stereocenters. The number of hydrogen-bond donors (Lipinski definition) is 2. The number of halogens is 1. The summed E-state index contributed by atoms with van der Waals surface area (Å²) in [5.41, 5.74) is 1.22. The van der Waals surface area contributed by atoms with E-state index < -0.39 is 12.0 Å². The number of benzene rings is 1. The maximum atomic E-state index is 12.9. The van der Waals surface area contributed by atoms with E-state index in [1.165, 1.54) is 18.2 Å². The zero-order chi connectivity index (χ0) is 12.1. The molecule has 1 amide bonds. The van der Waals surface area contributed by atoms with Gasteiger partial charge < -0.3 is 10.4 Å². The van der Waals surface area contributed by atoms with Gasteiger partial charge in [0.15, 0.2) is 0 Å². The lowest BCUT2D eigenvalue weighted by Crippen LogP contribution is -2.23. The third-order valence-electron chi connectivity index (χ3n) is 2.26.